The van der Waals surface area contributed by atoms with Crippen LogP contribution in [0.3, 0.4) is 0 Å². The Morgan fingerprint density at radius 2 is 1.88 bits per heavy atom. The normalized spacial score (nSPS) is 11.3. The number of hydrogen-bond donors (Lipinski definition) is 1. The largest absolute Gasteiger partial charge is 0.478 e. The van der Waals surface area contributed by atoms with Crippen molar-refractivity contribution in [1.82, 2.24) is 0 Å². The molecule has 86 valence electrons. The summed E-state index contributed by atoms with van der Waals surface area (Å²) >= 11 is 0. The van der Waals surface area contributed by atoms with Crippen LogP contribution < -0.4 is 0 Å². The maximum absolute atomic E-state index is 13.0. The zero-order valence-corrected chi connectivity index (χ0v) is 7.75. The molecule has 0 fully saturated rings. The molecule has 2 nitrogen and oxygen atoms in total. The monoisotopic (exact) mass is 234 g/mol. The Hall–Kier alpha value is -1.85. The topological polar surface area (TPSA) is 37.3 Å². The Balaban J connectivity index is 3.19. The summed E-state index contributed by atoms with van der Waals surface area (Å²) in [5.74, 6) is -3.82. The lowest BCUT2D eigenvalue weighted by molar-refractivity contribution is -0.131. The average Bonchev–Trinajstić information content (AvgIpc) is 2.15. The Morgan fingerprint density at radius 1 is 1.25 bits per heavy atom. The summed E-state index contributed by atoms with van der Waals surface area (Å²) in [5, 5.41) is 8.27. The van der Waals surface area contributed by atoms with Crippen molar-refractivity contribution in [2.45, 2.75) is 6.43 Å². The fraction of sp³-hybridized carbons (Fsp3) is 0.100. The minimum Gasteiger partial charge on any atom is -0.478 e. The minimum atomic E-state index is -3.09. The maximum atomic E-state index is 13.0. The van der Waals surface area contributed by atoms with Gasteiger partial charge in [0, 0.05) is 17.7 Å². The summed E-state index contributed by atoms with van der Waals surface area (Å²) in [5.41, 5.74) is -1.37. The van der Waals surface area contributed by atoms with E-state index in [1.165, 1.54) is 0 Å². The molecule has 1 rings (SSSR count). The maximum Gasteiger partial charge on any atom is 0.328 e. The SMILES string of the molecule is O=C(O)/C=C/c1cc(C(F)F)c(F)cc1F. The zero-order valence-electron chi connectivity index (χ0n) is 7.75. The van der Waals surface area contributed by atoms with E-state index in [4.69, 9.17) is 5.11 Å². The van der Waals surface area contributed by atoms with Crippen molar-refractivity contribution in [2.24, 2.45) is 0 Å². The predicted octanol–water partition coefficient (Wildman–Crippen LogP) is 3.00. The summed E-state index contributed by atoms with van der Waals surface area (Å²) in [7, 11) is 0. The van der Waals surface area contributed by atoms with Gasteiger partial charge in [-0.15, -0.1) is 0 Å². The van der Waals surface area contributed by atoms with Crippen LogP contribution in [0.1, 0.15) is 17.6 Å². The predicted molar refractivity (Wildman–Crippen MR) is 48.0 cm³/mol. The van der Waals surface area contributed by atoms with Crippen LogP contribution in [0.2, 0.25) is 0 Å². The smallest absolute Gasteiger partial charge is 0.328 e. The van der Waals surface area contributed by atoms with E-state index >= 15 is 0 Å². The number of hydrogen-bond acceptors (Lipinski definition) is 1. The van der Waals surface area contributed by atoms with Crippen LogP contribution in [0.5, 0.6) is 0 Å². The van der Waals surface area contributed by atoms with E-state index in [9.17, 15) is 22.4 Å². The van der Waals surface area contributed by atoms with E-state index in [2.05, 4.69) is 0 Å². The molecule has 1 aromatic rings. The van der Waals surface area contributed by atoms with E-state index in [-0.39, 0.29) is 0 Å². The van der Waals surface area contributed by atoms with Crippen molar-refractivity contribution in [1.29, 1.82) is 0 Å². The van der Waals surface area contributed by atoms with Crippen molar-refractivity contribution in [3.8, 4) is 0 Å². The number of carboxylic acid groups (broad SMARTS) is 1. The molecule has 0 heterocycles. The van der Waals surface area contributed by atoms with Gasteiger partial charge >= 0.3 is 5.97 Å². The summed E-state index contributed by atoms with van der Waals surface area (Å²) < 4.78 is 50.3. The third-order valence-electron chi connectivity index (χ3n) is 1.76. The summed E-state index contributed by atoms with van der Waals surface area (Å²) in [6, 6.07) is 0.873. The van der Waals surface area contributed by atoms with Crippen LogP contribution in [0.15, 0.2) is 18.2 Å². The molecule has 0 spiro atoms. The highest BCUT2D eigenvalue weighted by Crippen LogP contribution is 2.25. The third kappa shape index (κ3) is 2.82. The molecule has 1 N–H and O–H groups in total. The molecule has 6 heteroatoms. The van der Waals surface area contributed by atoms with Gasteiger partial charge in [-0.05, 0) is 12.1 Å². The molecule has 0 aromatic heterocycles. The van der Waals surface area contributed by atoms with Gasteiger partial charge in [0.15, 0.2) is 0 Å². The van der Waals surface area contributed by atoms with Crippen molar-refractivity contribution in [2.75, 3.05) is 0 Å². The van der Waals surface area contributed by atoms with Crippen LogP contribution in [0, 0.1) is 11.6 Å². The minimum absolute atomic E-state index is 0.295. The highest BCUT2D eigenvalue weighted by molar-refractivity contribution is 5.85. The summed E-state index contributed by atoms with van der Waals surface area (Å²) in [6.07, 6.45) is -1.73. The molecule has 16 heavy (non-hydrogen) atoms. The Kier molecular flexibility index (Phi) is 3.65. The number of carbonyl (C=O) groups is 1. The molecule has 0 atom stereocenters. The first-order chi connectivity index (χ1) is 7.41. The highest BCUT2D eigenvalue weighted by atomic mass is 19.3. The molecule has 0 unspecified atom stereocenters. The van der Waals surface area contributed by atoms with Crippen LogP contribution in [0.25, 0.3) is 6.08 Å². The second-order valence-electron chi connectivity index (χ2n) is 2.87. The molecule has 0 aliphatic carbocycles. The number of benzene rings is 1. The standard InChI is InChI=1S/C10H6F4O2/c11-7-4-8(12)6(10(13)14)3-5(7)1-2-9(15)16/h1-4,10H,(H,15,16)/b2-1+. The van der Waals surface area contributed by atoms with Crippen molar-refractivity contribution >= 4 is 12.0 Å². The molecule has 0 amide bonds. The van der Waals surface area contributed by atoms with Gasteiger partial charge < -0.3 is 5.11 Å². The lowest BCUT2D eigenvalue weighted by Gasteiger charge is -2.04. The molecule has 1 aromatic carbocycles. The lowest BCUT2D eigenvalue weighted by atomic mass is 10.1. The van der Waals surface area contributed by atoms with E-state index in [0.29, 0.717) is 18.2 Å². The average molecular weight is 234 g/mol. The second kappa shape index (κ2) is 4.78. The highest BCUT2D eigenvalue weighted by Gasteiger charge is 2.16. The molecular weight excluding hydrogens is 228 g/mol. The lowest BCUT2D eigenvalue weighted by Crippen LogP contribution is -1.95. The molecule has 0 bridgehead atoms. The van der Waals surface area contributed by atoms with Gasteiger partial charge in [0.2, 0.25) is 0 Å². The van der Waals surface area contributed by atoms with Crippen LogP contribution in [-0.2, 0) is 4.79 Å². The molecule has 0 radical (unpaired) electrons. The molecular formula is C10H6F4O2. The van der Waals surface area contributed by atoms with Gasteiger partial charge in [-0.3, -0.25) is 0 Å². The van der Waals surface area contributed by atoms with Crippen LogP contribution in [-0.4, -0.2) is 11.1 Å². The van der Waals surface area contributed by atoms with Gasteiger partial charge in [0.05, 0.1) is 5.56 Å². The Morgan fingerprint density at radius 3 is 2.38 bits per heavy atom. The Bertz CT molecular complexity index is 441. The summed E-state index contributed by atoms with van der Waals surface area (Å²) in [4.78, 5) is 10.1. The Labute approximate surface area is 87.8 Å². The fourth-order valence-electron chi connectivity index (χ4n) is 1.04. The first-order valence-electron chi connectivity index (χ1n) is 4.10. The number of rotatable bonds is 3. The van der Waals surface area contributed by atoms with Gasteiger partial charge in [0.25, 0.3) is 6.43 Å². The quantitative estimate of drug-likeness (QED) is 0.644. The van der Waals surface area contributed by atoms with E-state index in [0.717, 1.165) is 6.08 Å². The fourth-order valence-corrected chi connectivity index (χ4v) is 1.04. The van der Waals surface area contributed by atoms with E-state index < -0.39 is 35.2 Å². The van der Waals surface area contributed by atoms with Gasteiger partial charge in [0.1, 0.15) is 11.6 Å². The number of aliphatic carboxylic acids is 1. The number of alkyl halides is 2. The molecule has 0 saturated carbocycles. The van der Waals surface area contributed by atoms with Crippen molar-refractivity contribution in [3.63, 3.8) is 0 Å². The van der Waals surface area contributed by atoms with Crippen molar-refractivity contribution in [3.05, 3.63) is 41.0 Å². The molecule has 0 aliphatic rings. The first-order valence-corrected chi connectivity index (χ1v) is 4.10. The third-order valence-corrected chi connectivity index (χ3v) is 1.76. The van der Waals surface area contributed by atoms with Gasteiger partial charge in [-0.1, -0.05) is 0 Å². The number of carboxylic acids is 1. The van der Waals surface area contributed by atoms with E-state index in [1.54, 1.807) is 0 Å². The van der Waals surface area contributed by atoms with E-state index in [1.807, 2.05) is 0 Å². The zero-order chi connectivity index (χ0) is 12.3. The second-order valence-corrected chi connectivity index (χ2v) is 2.87. The molecule has 0 aliphatic heterocycles. The number of halogens is 4. The molecule has 0 saturated heterocycles. The van der Waals surface area contributed by atoms with Crippen LogP contribution >= 0.6 is 0 Å². The van der Waals surface area contributed by atoms with Gasteiger partial charge in [-0.25, -0.2) is 22.4 Å². The van der Waals surface area contributed by atoms with Crippen LogP contribution in [0.4, 0.5) is 17.6 Å². The van der Waals surface area contributed by atoms with Gasteiger partial charge in [-0.2, -0.15) is 0 Å². The summed E-state index contributed by atoms with van der Waals surface area (Å²) in [6.45, 7) is 0. The van der Waals surface area contributed by atoms with Crippen molar-refractivity contribution < 1.29 is 27.5 Å². The first kappa shape index (κ1) is 12.2.